The van der Waals surface area contributed by atoms with Gasteiger partial charge in [0, 0.05) is 19.0 Å². The van der Waals surface area contributed by atoms with E-state index in [-0.39, 0.29) is 12.4 Å². The van der Waals surface area contributed by atoms with Crippen molar-refractivity contribution in [1.82, 2.24) is 4.90 Å². The highest BCUT2D eigenvalue weighted by Gasteiger charge is 2.28. The molecule has 0 aliphatic heterocycles. The summed E-state index contributed by atoms with van der Waals surface area (Å²) in [6.45, 7) is 6.21. The summed E-state index contributed by atoms with van der Waals surface area (Å²) < 4.78 is 0. The zero-order valence-corrected chi connectivity index (χ0v) is 8.08. The van der Waals surface area contributed by atoms with Crippen LogP contribution in [0.3, 0.4) is 0 Å². The lowest BCUT2D eigenvalue weighted by atomic mass is 10.3. The number of nitrogens with one attached hydrogen (secondary N) is 1. The van der Waals surface area contributed by atoms with Gasteiger partial charge in [0.25, 0.3) is 0 Å². The Morgan fingerprint density at radius 3 is 2.09 bits per heavy atom. The van der Waals surface area contributed by atoms with Gasteiger partial charge in [-0.25, -0.2) is 0 Å². The quantitative estimate of drug-likeness (QED) is 0.518. The van der Waals surface area contributed by atoms with Crippen molar-refractivity contribution in [3.05, 3.63) is 0 Å². The first-order chi connectivity index (χ1) is 4.79. The maximum absolute atomic E-state index is 7.69. The summed E-state index contributed by atoms with van der Waals surface area (Å²) in [7, 11) is 0. The van der Waals surface area contributed by atoms with Gasteiger partial charge in [-0.1, -0.05) is 0 Å². The molecule has 0 saturated heterocycles. The molecule has 66 valence electrons. The molecule has 3 heteroatoms. The van der Waals surface area contributed by atoms with E-state index in [0.717, 1.165) is 18.9 Å². The Balaban J connectivity index is 0.000001000. The molecule has 1 aliphatic rings. The van der Waals surface area contributed by atoms with Gasteiger partial charge in [-0.3, -0.25) is 5.41 Å². The Hall–Kier alpha value is -0.240. The molecule has 0 atom stereocenters. The molecule has 0 aromatic rings. The van der Waals surface area contributed by atoms with E-state index in [4.69, 9.17) is 5.41 Å². The van der Waals surface area contributed by atoms with Gasteiger partial charge in [0.05, 0.1) is 5.84 Å². The van der Waals surface area contributed by atoms with Crippen LogP contribution in [0.5, 0.6) is 0 Å². The average molecular weight is 177 g/mol. The normalized spacial score (nSPS) is 15.5. The maximum atomic E-state index is 7.69. The van der Waals surface area contributed by atoms with E-state index < -0.39 is 0 Å². The first-order valence-electron chi connectivity index (χ1n) is 4.13. The highest BCUT2D eigenvalue weighted by molar-refractivity contribution is 5.85. The summed E-state index contributed by atoms with van der Waals surface area (Å²) in [5, 5.41) is 7.69. The Kier molecular flexibility index (Phi) is 4.50. The molecule has 11 heavy (non-hydrogen) atoms. The van der Waals surface area contributed by atoms with Crippen molar-refractivity contribution in [3.63, 3.8) is 0 Å². The Morgan fingerprint density at radius 2 is 1.82 bits per heavy atom. The van der Waals surface area contributed by atoms with Crippen LogP contribution in [-0.4, -0.2) is 23.8 Å². The third kappa shape index (κ3) is 2.70. The molecular formula is C8H17ClN2. The number of hydrogen-bond donors (Lipinski definition) is 1. The van der Waals surface area contributed by atoms with E-state index >= 15 is 0 Å². The Morgan fingerprint density at radius 1 is 1.36 bits per heavy atom. The van der Waals surface area contributed by atoms with Crippen LogP contribution in [0.25, 0.3) is 0 Å². The average Bonchev–Trinajstić information content (AvgIpc) is 2.71. The molecule has 0 amide bonds. The highest BCUT2D eigenvalue weighted by atomic mass is 35.5. The van der Waals surface area contributed by atoms with E-state index in [1.54, 1.807) is 0 Å². The third-order valence-electron chi connectivity index (χ3n) is 2.07. The molecule has 1 saturated carbocycles. The summed E-state index contributed by atoms with van der Waals surface area (Å²) >= 11 is 0. The minimum absolute atomic E-state index is 0. The van der Waals surface area contributed by atoms with Gasteiger partial charge in [-0.05, 0) is 26.7 Å². The first-order valence-corrected chi connectivity index (χ1v) is 4.13. The number of hydrogen-bond acceptors (Lipinski definition) is 1. The predicted molar refractivity (Wildman–Crippen MR) is 50.6 cm³/mol. The van der Waals surface area contributed by atoms with Gasteiger partial charge in [0.2, 0.25) is 0 Å². The standard InChI is InChI=1S/C8H16N2.ClH/c1-3-10(4-2)8(9)7-5-6-7;/h7,9H,3-6H2,1-2H3;1H. The molecule has 1 N–H and O–H groups in total. The molecule has 1 fully saturated rings. The highest BCUT2D eigenvalue weighted by Crippen LogP contribution is 2.30. The number of amidine groups is 1. The molecule has 2 nitrogen and oxygen atoms in total. The molecule has 0 radical (unpaired) electrons. The van der Waals surface area contributed by atoms with Crippen molar-refractivity contribution in [2.45, 2.75) is 26.7 Å². The van der Waals surface area contributed by atoms with Crippen LogP contribution in [0.4, 0.5) is 0 Å². The second-order valence-electron chi connectivity index (χ2n) is 2.83. The van der Waals surface area contributed by atoms with E-state index in [1.165, 1.54) is 12.8 Å². The van der Waals surface area contributed by atoms with Crippen LogP contribution < -0.4 is 0 Å². The SMILES string of the molecule is CCN(CC)C(=N)C1CC1.Cl. The van der Waals surface area contributed by atoms with Gasteiger partial charge in [-0.2, -0.15) is 0 Å². The van der Waals surface area contributed by atoms with E-state index in [1.807, 2.05) is 0 Å². The first kappa shape index (κ1) is 10.8. The molecule has 1 aliphatic carbocycles. The minimum Gasteiger partial charge on any atom is -0.361 e. The fourth-order valence-corrected chi connectivity index (χ4v) is 1.18. The fraction of sp³-hybridized carbons (Fsp3) is 0.875. The zero-order valence-electron chi connectivity index (χ0n) is 7.26. The van der Waals surface area contributed by atoms with Crippen molar-refractivity contribution in [1.29, 1.82) is 5.41 Å². The summed E-state index contributed by atoms with van der Waals surface area (Å²) in [5.74, 6) is 1.48. The molecule has 0 spiro atoms. The van der Waals surface area contributed by atoms with E-state index in [2.05, 4.69) is 18.7 Å². The van der Waals surface area contributed by atoms with Crippen molar-refractivity contribution in [2.75, 3.05) is 13.1 Å². The van der Waals surface area contributed by atoms with Gasteiger partial charge in [-0.15, -0.1) is 12.4 Å². The van der Waals surface area contributed by atoms with Crippen LogP contribution in [0.1, 0.15) is 26.7 Å². The van der Waals surface area contributed by atoms with Crippen molar-refractivity contribution in [3.8, 4) is 0 Å². The predicted octanol–water partition coefficient (Wildman–Crippen LogP) is 2.14. The molecular weight excluding hydrogens is 160 g/mol. The third-order valence-corrected chi connectivity index (χ3v) is 2.07. The second kappa shape index (κ2) is 4.60. The summed E-state index contributed by atoms with van der Waals surface area (Å²) in [5.41, 5.74) is 0. The van der Waals surface area contributed by atoms with Crippen LogP contribution in [0, 0.1) is 11.3 Å². The monoisotopic (exact) mass is 176 g/mol. The van der Waals surface area contributed by atoms with Gasteiger partial charge in [0.15, 0.2) is 0 Å². The molecule has 0 bridgehead atoms. The number of halogens is 1. The lowest BCUT2D eigenvalue weighted by Gasteiger charge is -2.20. The van der Waals surface area contributed by atoms with E-state index in [0.29, 0.717) is 5.92 Å². The summed E-state index contributed by atoms with van der Waals surface area (Å²) in [6, 6.07) is 0. The van der Waals surface area contributed by atoms with Crippen molar-refractivity contribution < 1.29 is 0 Å². The molecule has 0 aromatic heterocycles. The van der Waals surface area contributed by atoms with E-state index in [9.17, 15) is 0 Å². The van der Waals surface area contributed by atoms with Crippen molar-refractivity contribution >= 4 is 18.2 Å². The van der Waals surface area contributed by atoms with Crippen molar-refractivity contribution in [2.24, 2.45) is 5.92 Å². The Labute approximate surface area is 74.9 Å². The number of rotatable bonds is 3. The van der Waals surface area contributed by atoms with Gasteiger partial charge >= 0.3 is 0 Å². The summed E-state index contributed by atoms with van der Waals surface area (Å²) in [4.78, 5) is 2.14. The molecule has 0 aromatic carbocycles. The van der Waals surface area contributed by atoms with Crippen LogP contribution in [-0.2, 0) is 0 Å². The molecule has 0 unspecified atom stereocenters. The smallest absolute Gasteiger partial charge is 0.0989 e. The second-order valence-corrected chi connectivity index (χ2v) is 2.83. The zero-order chi connectivity index (χ0) is 7.56. The van der Waals surface area contributed by atoms with Gasteiger partial charge in [0.1, 0.15) is 0 Å². The van der Waals surface area contributed by atoms with Crippen LogP contribution in [0.15, 0.2) is 0 Å². The largest absolute Gasteiger partial charge is 0.361 e. The molecule has 0 heterocycles. The maximum Gasteiger partial charge on any atom is 0.0989 e. The fourth-order valence-electron chi connectivity index (χ4n) is 1.18. The topological polar surface area (TPSA) is 27.1 Å². The van der Waals surface area contributed by atoms with Gasteiger partial charge < -0.3 is 4.90 Å². The Bertz CT molecular complexity index is 128. The van der Waals surface area contributed by atoms with Crippen LogP contribution >= 0.6 is 12.4 Å². The molecule has 1 rings (SSSR count). The lowest BCUT2D eigenvalue weighted by Crippen LogP contribution is -2.30. The lowest BCUT2D eigenvalue weighted by molar-refractivity contribution is 0.449. The van der Waals surface area contributed by atoms with Crippen LogP contribution in [0.2, 0.25) is 0 Å². The number of nitrogens with zero attached hydrogens (tertiary/aromatic N) is 1. The minimum atomic E-state index is 0. The summed E-state index contributed by atoms with van der Waals surface area (Å²) in [6.07, 6.45) is 2.49.